The Kier molecular flexibility index (Phi) is 3.19. The third-order valence-corrected chi connectivity index (χ3v) is 0.902. The first-order valence-corrected chi connectivity index (χ1v) is 2.65. The van der Waals surface area contributed by atoms with Crippen LogP contribution < -0.4 is 10.8 Å². The molecule has 0 saturated heterocycles. The Labute approximate surface area is 48.5 Å². The fourth-order valence-corrected chi connectivity index (χ4v) is 0.429. The monoisotopic (exact) mass is 116 g/mol. The second-order valence-corrected chi connectivity index (χ2v) is 1.71. The second-order valence-electron chi connectivity index (χ2n) is 1.71. The maximum atomic E-state index is 9.85. The molecule has 0 aliphatic heterocycles. The minimum absolute atomic E-state index is 0.502. The number of hydrogen-bond donors (Lipinski definition) is 1. The summed E-state index contributed by atoms with van der Waals surface area (Å²) in [5, 5.41) is 9.85. The van der Waals surface area contributed by atoms with Gasteiger partial charge in [0.1, 0.15) is 0 Å². The van der Waals surface area contributed by atoms with Crippen molar-refractivity contribution in [2.45, 2.75) is 25.8 Å². The maximum Gasteiger partial charge on any atom is 0.0582 e. The van der Waals surface area contributed by atoms with E-state index >= 15 is 0 Å². The summed E-state index contributed by atoms with van der Waals surface area (Å²) >= 11 is 0. The van der Waals surface area contributed by atoms with E-state index in [1.807, 2.05) is 6.92 Å². The number of rotatable bonds is 3. The molecule has 0 aliphatic rings. The number of carboxylic acids is 1. The molecule has 1 atom stereocenters. The lowest BCUT2D eigenvalue weighted by molar-refractivity contribution is -0.307. The lowest BCUT2D eigenvalue weighted by Crippen LogP contribution is -2.41. The van der Waals surface area contributed by atoms with E-state index in [1.54, 1.807) is 0 Å². The number of carboxylic acid groups (broad SMARTS) is 1. The van der Waals surface area contributed by atoms with Crippen LogP contribution in [0.3, 0.4) is 0 Å². The van der Waals surface area contributed by atoms with Gasteiger partial charge in [-0.3, -0.25) is 0 Å². The van der Waals surface area contributed by atoms with Gasteiger partial charge in [0.05, 0.1) is 5.97 Å². The minimum Gasteiger partial charge on any atom is -0.548 e. The van der Waals surface area contributed by atoms with Crippen LogP contribution in [-0.2, 0) is 4.79 Å². The van der Waals surface area contributed by atoms with Crippen LogP contribution in [0.25, 0.3) is 0 Å². The third kappa shape index (κ3) is 2.58. The van der Waals surface area contributed by atoms with Gasteiger partial charge in [0, 0.05) is 6.04 Å². The van der Waals surface area contributed by atoms with Crippen molar-refractivity contribution in [2.75, 3.05) is 0 Å². The summed E-state index contributed by atoms with van der Waals surface area (Å²) in [5.74, 6) is -1.16. The van der Waals surface area contributed by atoms with Crippen molar-refractivity contribution in [1.82, 2.24) is 0 Å². The summed E-state index contributed by atoms with van der Waals surface area (Å²) in [7, 11) is 0. The van der Waals surface area contributed by atoms with Crippen LogP contribution >= 0.6 is 0 Å². The van der Waals surface area contributed by atoms with Crippen molar-refractivity contribution in [2.24, 2.45) is 5.73 Å². The van der Waals surface area contributed by atoms with Crippen molar-refractivity contribution in [1.29, 1.82) is 0 Å². The summed E-state index contributed by atoms with van der Waals surface area (Å²) in [6, 6.07) is -0.778. The summed E-state index contributed by atoms with van der Waals surface area (Å²) in [6.45, 7) is 1.88. The number of carbonyl (C=O) groups is 1. The van der Waals surface area contributed by atoms with E-state index in [-0.39, 0.29) is 0 Å². The zero-order valence-electron chi connectivity index (χ0n) is 4.89. The van der Waals surface area contributed by atoms with E-state index in [1.165, 1.54) is 0 Å². The van der Waals surface area contributed by atoms with Crippen LogP contribution in [0.1, 0.15) is 19.8 Å². The Hall–Kier alpha value is -0.570. The van der Waals surface area contributed by atoms with Gasteiger partial charge < -0.3 is 15.6 Å². The van der Waals surface area contributed by atoms with Gasteiger partial charge >= 0.3 is 0 Å². The molecule has 3 nitrogen and oxygen atoms in total. The van der Waals surface area contributed by atoms with E-state index < -0.39 is 12.0 Å². The van der Waals surface area contributed by atoms with Crippen LogP contribution in [-0.4, -0.2) is 12.0 Å². The average Bonchev–Trinajstić information content (AvgIpc) is 1.67. The second kappa shape index (κ2) is 3.43. The molecular weight excluding hydrogens is 106 g/mol. The van der Waals surface area contributed by atoms with Crippen LogP contribution in [0, 0.1) is 0 Å². The number of hydrogen-bond acceptors (Lipinski definition) is 3. The Balaban J connectivity index is 3.32. The van der Waals surface area contributed by atoms with E-state index in [0.29, 0.717) is 6.42 Å². The van der Waals surface area contributed by atoms with E-state index in [0.717, 1.165) is 6.42 Å². The van der Waals surface area contributed by atoms with Gasteiger partial charge in [0.2, 0.25) is 0 Å². The molecule has 0 saturated carbocycles. The highest BCUT2D eigenvalue weighted by Gasteiger charge is 1.98. The molecule has 0 fully saturated rings. The first kappa shape index (κ1) is 7.43. The highest BCUT2D eigenvalue weighted by molar-refractivity contribution is 5.70. The highest BCUT2D eigenvalue weighted by Crippen LogP contribution is 1.89. The van der Waals surface area contributed by atoms with Gasteiger partial charge in [0.25, 0.3) is 0 Å². The minimum atomic E-state index is -1.16. The fraction of sp³-hybridized carbons (Fsp3) is 0.800. The average molecular weight is 116 g/mol. The fourth-order valence-electron chi connectivity index (χ4n) is 0.429. The lowest BCUT2D eigenvalue weighted by atomic mass is 10.2. The predicted octanol–water partition coefficient (Wildman–Crippen LogP) is -1.14. The summed E-state index contributed by atoms with van der Waals surface area (Å²) in [5.41, 5.74) is 5.06. The predicted molar refractivity (Wildman–Crippen MR) is 27.9 cm³/mol. The smallest absolute Gasteiger partial charge is 0.0582 e. The van der Waals surface area contributed by atoms with E-state index in [4.69, 9.17) is 5.73 Å². The topological polar surface area (TPSA) is 66.2 Å². The van der Waals surface area contributed by atoms with Crippen molar-refractivity contribution in [3.05, 3.63) is 0 Å². The first-order chi connectivity index (χ1) is 3.68. The van der Waals surface area contributed by atoms with Crippen LogP contribution in [0.2, 0.25) is 0 Å². The maximum absolute atomic E-state index is 9.85. The lowest BCUT2D eigenvalue weighted by Gasteiger charge is -2.09. The Morgan fingerprint density at radius 1 is 1.88 bits per heavy atom. The molecule has 8 heavy (non-hydrogen) atoms. The molecule has 3 heteroatoms. The number of nitrogens with two attached hydrogens (primary N) is 1. The largest absolute Gasteiger partial charge is 0.548 e. The molecule has 0 aliphatic carbocycles. The van der Waals surface area contributed by atoms with Gasteiger partial charge in [-0.1, -0.05) is 13.3 Å². The van der Waals surface area contributed by atoms with Crippen molar-refractivity contribution < 1.29 is 9.90 Å². The van der Waals surface area contributed by atoms with Gasteiger partial charge in [-0.15, -0.1) is 0 Å². The van der Waals surface area contributed by atoms with E-state index in [2.05, 4.69) is 0 Å². The zero-order valence-corrected chi connectivity index (χ0v) is 4.89. The highest BCUT2D eigenvalue weighted by atomic mass is 16.4. The Morgan fingerprint density at radius 2 is 2.38 bits per heavy atom. The molecule has 0 unspecified atom stereocenters. The molecular formula is C5H10NO2-. The summed E-state index contributed by atoms with van der Waals surface area (Å²) in [4.78, 5) is 9.85. The quantitative estimate of drug-likeness (QED) is 0.507. The molecule has 0 aromatic heterocycles. The molecule has 2 N–H and O–H groups in total. The van der Waals surface area contributed by atoms with Crippen LogP contribution in [0.15, 0.2) is 0 Å². The summed E-state index contributed by atoms with van der Waals surface area (Å²) in [6.07, 6.45) is 1.29. The molecule has 0 aromatic rings. The van der Waals surface area contributed by atoms with Gasteiger partial charge in [-0.25, -0.2) is 0 Å². The standard InChI is InChI=1S/C5H11NO2/c1-2-3-4(6)5(7)8/h4H,2-3,6H2,1H3,(H,7,8)/p-1/t4-/m0/s1. The van der Waals surface area contributed by atoms with Gasteiger partial charge in [-0.2, -0.15) is 0 Å². The third-order valence-electron chi connectivity index (χ3n) is 0.902. The molecule has 48 valence electrons. The van der Waals surface area contributed by atoms with Crippen LogP contribution in [0.4, 0.5) is 0 Å². The molecule has 0 heterocycles. The molecule has 0 bridgehead atoms. The number of aliphatic carboxylic acids is 1. The molecule has 0 rings (SSSR count). The first-order valence-electron chi connectivity index (χ1n) is 2.65. The number of carbonyl (C=O) groups excluding carboxylic acids is 1. The molecule has 0 radical (unpaired) electrons. The Bertz CT molecular complexity index is 82.5. The molecule has 0 amide bonds. The SMILES string of the molecule is CCC[C@H](N)C(=O)[O-]. The van der Waals surface area contributed by atoms with Crippen molar-refractivity contribution in [3.8, 4) is 0 Å². The Morgan fingerprint density at radius 3 is 2.50 bits per heavy atom. The normalized spacial score (nSPS) is 13.2. The zero-order chi connectivity index (χ0) is 6.57. The van der Waals surface area contributed by atoms with Gasteiger partial charge in [0.15, 0.2) is 0 Å². The van der Waals surface area contributed by atoms with Crippen molar-refractivity contribution >= 4 is 5.97 Å². The van der Waals surface area contributed by atoms with Gasteiger partial charge in [-0.05, 0) is 6.42 Å². The van der Waals surface area contributed by atoms with E-state index in [9.17, 15) is 9.90 Å². The molecule has 0 spiro atoms. The van der Waals surface area contributed by atoms with Crippen LogP contribution in [0.5, 0.6) is 0 Å². The van der Waals surface area contributed by atoms with Crippen molar-refractivity contribution in [3.63, 3.8) is 0 Å². The molecule has 0 aromatic carbocycles. The summed E-state index contributed by atoms with van der Waals surface area (Å²) < 4.78 is 0.